The first-order chi connectivity index (χ1) is 11.1. The summed E-state index contributed by atoms with van der Waals surface area (Å²) in [5.74, 6) is 0.434. The Morgan fingerprint density at radius 2 is 2.13 bits per heavy atom. The van der Waals surface area contributed by atoms with Crippen molar-refractivity contribution in [3.63, 3.8) is 0 Å². The second-order valence-electron chi connectivity index (χ2n) is 6.13. The molecule has 1 N–H and O–H groups in total. The standard InChI is InChI=1S/C18H23N3OS/c1-13(15-8-7-14-5-3-4-6-16(14)11-15)20-17(22)12-23-18-19-9-10-21(18)2/h7-11,13H,3-6,12H2,1-2H3,(H,20,22)/t13-/m0/s1. The fourth-order valence-corrected chi connectivity index (χ4v) is 3.75. The molecule has 1 aromatic carbocycles. The zero-order valence-electron chi connectivity index (χ0n) is 13.7. The first kappa shape index (κ1) is 16.1. The predicted octanol–water partition coefficient (Wildman–Crippen LogP) is 3.27. The number of fused-ring (bicyclic) bond motifs is 1. The van der Waals surface area contributed by atoms with Gasteiger partial charge in [0, 0.05) is 19.4 Å². The van der Waals surface area contributed by atoms with Gasteiger partial charge in [0.1, 0.15) is 0 Å². The third-order valence-corrected chi connectivity index (χ3v) is 5.42. The predicted molar refractivity (Wildman–Crippen MR) is 93.6 cm³/mol. The van der Waals surface area contributed by atoms with Crippen molar-refractivity contribution in [3.05, 3.63) is 47.3 Å². The van der Waals surface area contributed by atoms with Crippen LogP contribution in [0.25, 0.3) is 0 Å². The molecule has 23 heavy (non-hydrogen) atoms. The molecule has 0 radical (unpaired) electrons. The topological polar surface area (TPSA) is 46.9 Å². The molecule has 1 amide bonds. The Bertz CT molecular complexity index is 695. The summed E-state index contributed by atoms with van der Waals surface area (Å²) in [6.07, 6.45) is 8.56. The van der Waals surface area contributed by atoms with E-state index in [0.717, 1.165) is 5.16 Å². The lowest BCUT2D eigenvalue weighted by Crippen LogP contribution is -2.28. The number of hydrogen-bond donors (Lipinski definition) is 1. The first-order valence-corrected chi connectivity index (χ1v) is 9.13. The summed E-state index contributed by atoms with van der Waals surface area (Å²) in [5, 5.41) is 3.95. The molecular weight excluding hydrogens is 306 g/mol. The number of benzene rings is 1. The van der Waals surface area contributed by atoms with Gasteiger partial charge in [0.05, 0.1) is 11.8 Å². The van der Waals surface area contributed by atoms with Crippen LogP contribution in [0.2, 0.25) is 0 Å². The number of amides is 1. The maximum Gasteiger partial charge on any atom is 0.230 e. The van der Waals surface area contributed by atoms with E-state index < -0.39 is 0 Å². The summed E-state index contributed by atoms with van der Waals surface area (Å²) in [6.45, 7) is 2.05. The average Bonchev–Trinajstić information content (AvgIpc) is 2.97. The molecule has 1 atom stereocenters. The number of nitrogens with one attached hydrogen (secondary N) is 1. The molecule has 1 aliphatic carbocycles. The van der Waals surface area contributed by atoms with Crippen LogP contribution in [0.5, 0.6) is 0 Å². The average molecular weight is 329 g/mol. The van der Waals surface area contributed by atoms with Crippen molar-refractivity contribution < 1.29 is 4.79 Å². The van der Waals surface area contributed by atoms with Gasteiger partial charge in [-0.3, -0.25) is 4.79 Å². The van der Waals surface area contributed by atoms with Crippen LogP contribution in [0.15, 0.2) is 35.7 Å². The Morgan fingerprint density at radius 1 is 1.35 bits per heavy atom. The summed E-state index contributed by atoms with van der Waals surface area (Å²) in [7, 11) is 1.93. The van der Waals surface area contributed by atoms with Crippen molar-refractivity contribution in [3.8, 4) is 0 Å². The zero-order chi connectivity index (χ0) is 16.2. The number of aryl methyl sites for hydroxylation is 3. The number of carbonyl (C=O) groups is 1. The van der Waals surface area contributed by atoms with Gasteiger partial charge in [0.2, 0.25) is 5.91 Å². The molecule has 0 bridgehead atoms. The highest BCUT2D eigenvalue weighted by Crippen LogP contribution is 2.25. The van der Waals surface area contributed by atoms with Crippen LogP contribution < -0.4 is 5.32 Å². The van der Waals surface area contributed by atoms with Gasteiger partial charge in [0.15, 0.2) is 5.16 Å². The van der Waals surface area contributed by atoms with Gasteiger partial charge in [-0.1, -0.05) is 30.0 Å². The van der Waals surface area contributed by atoms with Crippen LogP contribution in [0, 0.1) is 0 Å². The third kappa shape index (κ3) is 3.96. The molecule has 1 aromatic heterocycles. The molecule has 0 fully saturated rings. The lowest BCUT2D eigenvalue weighted by molar-refractivity contribution is -0.119. The molecule has 1 aliphatic rings. The van der Waals surface area contributed by atoms with E-state index in [4.69, 9.17) is 0 Å². The SMILES string of the molecule is C[C@H](NC(=O)CSc1nccn1C)c1ccc2c(c1)CCCC2. The van der Waals surface area contributed by atoms with Gasteiger partial charge in [-0.05, 0) is 49.3 Å². The molecule has 0 saturated heterocycles. The first-order valence-electron chi connectivity index (χ1n) is 8.14. The molecule has 2 aromatic rings. The van der Waals surface area contributed by atoms with Gasteiger partial charge in [-0.15, -0.1) is 0 Å². The summed E-state index contributed by atoms with van der Waals surface area (Å²) >= 11 is 1.46. The smallest absolute Gasteiger partial charge is 0.230 e. The minimum Gasteiger partial charge on any atom is -0.349 e. The molecule has 122 valence electrons. The van der Waals surface area contributed by atoms with Crippen LogP contribution in [0.1, 0.15) is 42.5 Å². The molecule has 1 heterocycles. The minimum atomic E-state index is 0.0386. The largest absolute Gasteiger partial charge is 0.349 e. The van der Waals surface area contributed by atoms with E-state index in [1.165, 1.54) is 54.1 Å². The normalized spacial score (nSPS) is 15.0. The molecule has 3 rings (SSSR count). The Labute approximate surface area is 141 Å². The number of carbonyl (C=O) groups excluding carboxylic acids is 1. The second-order valence-corrected chi connectivity index (χ2v) is 7.08. The third-order valence-electron chi connectivity index (χ3n) is 4.36. The van der Waals surface area contributed by atoms with Crippen molar-refractivity contribution in [2.24, 2.45) is 7.05 Å². The Hall–Kier alpha value is -1.75. The van der Waals surface area contributed by atoms with E-state index in [9.17, 15) is 4.79 Å². The zero-order valence-corrected chi connectivity index (χ0v) is 14.5. The number of thioether (sulfide) groups is 1. The van der Waals surface area contributed by atoms with Crippen LogP contribution in [-0.2, 0) is 24.7 Å². The minimum absolute atomic E-state index is 0.0386. The summed E-state index contributed by atoms with van der Waals surface area (Å²) < 4.78 is 1.92. The summed E-state index contributed by atoms with van der Waals surface area (Å²) in [6, 6.07) is 6.69. The summed E-state index contributed by atoms with van der Waals surface area (Å²) in [4.78, 5) is 16.4. The van der Waals surface area contributed by atoms with Crippen LogP contribution in [-0.4, -0.2) is 21.2 Å². The van der Waals surface area contributed by atoms with Crippen molar-refractivity contribution >= 4 is 17.7 Å². The van der Waals surface area contributed by atoms with E-state index in [-0.39, 0.29) is 11.9 Å². The highest BCUT2D eigenvalue weighted by atomic mass is 32.2. The molecular formula is C18H23N3OS. The van der Waals surface area contributed by atoms with Gasteiger partial charge >= 0.3 is 0 Å². The number of rotatable bonds is 5. The molecule has 5 heteroatoms. The van der Waals surface area contributed by atoms with Crippen molar-refractivity contribution in [2.45, 2.75) is 43.8 Å². The maximum atomic E-state index is 12.2. The van der Waals surface area contributed by atoms with Crippen LogP contribution >= 0.6 is 11.8 Å². The van der Waals surface area contributed by atoms with Gasteiger partial charge in [-0.2, -0.15) is 0 Å². The number of hydrogen-bond acceptors (Lipinski definition) is 3. The van der Waals surface area contributed by atoms with Crippen molar-refractivity contribution in [1.82, 2.24) is 14.9 Å². The quantitative estimate of drug-likeness (QED) is 0.857. The van der Waals surface area contributed by atoms with E-state index in [0.29, 0.717) is 5.75 Å². The Morgan fingerprint density at radius 3 is 2.87 bits per heavy atom. The van der Waals surface area contributed by atoms with Gasteiger partial charge < -0.3 is 9.88 Å². The van der Waals surface area contributed by atoms with E-state index in [2.05, 4.69) is 28.5 Å². The highest BCUT2D eigenvalue weighted by molar-refractivity contribution is 7.99. The van der Waals surface area contributed by atoms with Gasteiger partial charge in [0.25, 0.3) is 0 Å². The molecule has 0 aliphatic heterocycles. The van der Waals surface area contributed by atoms with E-state index in [1.807, 2.05) is 24.7 Å². The molecule has 0 unspecified atom stereocenters. The Kier molecular flexibility index (Phi) is 5.06. The number of aromatic nitrogens is 2. The monoisotopic (exact) mass is 329 g/mol. The lowest BCUT2D eigenvalue weighted by Gasteiger charge is -2.20. The Balaban J connectivity index is 1.57. The van der Waals surface area contributed by atoms with E-state index >= 15 is 0 Å². The fourth-order valence-electron chi connectivity index (χ4n) is 3.01. The van der Waals surface area contributed by atoms with Crippen LogP contribution in [0.4, 0.5) is 0 Å². The summed E-state index contributed by atoms with van der Waals surface area (Å²) in [5.41, 5.74) is 4.13. The second kappa shape index (κ2) is 7.21. The molecule has 4 nitrogen and oxygen atoms in total. The van der Waals surface area contributed by atoms with Crippen molar-refractivity contribution in [1.29, 1.82) is 0 Å². The number of imidazole rings is 1. The molecule has 0 spiro atoms. The van der Waals surface area contributed by atoms with Crippen molar-refractivity contribution in [2.75, 3.05) is 5.75 Å². The number of nitrogens with zero attached hydrogens (tertiary/aromatic N) is 2. The van der Waals surface area contributed by atoms with E-state index in [1.54, 1.807) is 6.20 Å². The lowest BCUT2D eigenvalue weighted by atomic mass is 9.89. The maximum absolute atomic E-state index is 12.2. The molecule has 0 saturated carbocycles. The fraction of sp³-hybridized carbons (Fsp3) is 0.444. The van der Waals surface area contributed by atoms with Gasteiger partial charge in [-0.25, -0.2) is 4.98 Å². The van der Waals surface area contributed by atoms with Crippen LogP contribution in [0.3, 0.4) is 0 Å². The highest BCUT2D eigenvalue weighted by Gasteiger charge is 2.14.